The van der Waals surface area contributed by atoms with Crippen molar-refractivity contribution >= 4 is 11.8 Å². The van der Waals surface area contributed by atoms with Crippen molar-refractivity contribution in [1.82, 2.24) is 0 Å². The molecule has 0 N–H and O–H groups in total. The molecule has 2 aromatic carbocycles. The molecule has 0 amide bonds. The maximum atomic E-state index is 13.0. The monoisotopic (exact) mass is 325 g/mol. The van der Waals surface area contributed by atoms with Gasteiger partial charge in [0, 0.05) is 5.56 Å². The first-order valence-corrected chi connectivity index (χ1v) is 7.50. The topological polar surface area (TPSA) is 67.2 Å². The molecular weight excluding hydrogens is 309 g/mol. The Labute approximate surface area is 139 Å². The summed E-state index contributed by atoms with van der Waals surface area (Å²) in [4.78, 5) is 24.8. The highest BCUT2D eigenvalue weighted by molar-refractivity contribution is 6.08. The SMILES string of the molecule is CCOC(=O)C(Cc1ccc(C#N)cc1)C(=O)c1ccc(F)cc1. The molecular formula is C19H16FNO3. The fraction of sp³-hybridized carbons (Fsp3) is 0.211. The van der Waals surface area contributed by atoms with Crippen LogP contribution in [-0.4, -0.2) is 18.4 Å². The third kappa shape index (κ3) is 4.26. The lowest BCUT2D eigenvalue weighted by molar-refractivity contribution is -0.146. The maximum absolute atomic E-state index is 13.0. The summed E-state index contributed by atoms with van der Waals surface area (Å²) in [6.45, 7) is 1.83. The molecule has 5 heteroatoms. The van der Waals surface area contributed by atoms with E-state index >= 15 is 0 Å². The number of nitrogens with zero attached hydrogens (tertiary/aromatic N) is 1. The Balaban J connectivity index is 2.26. The first-order valence-electron chi connectivity index (χ1n) is 7.50. The molecule has 0 aromatic heterocycles. The van der Waals surface area contributed by atoms with Gasteiger partial charge in [-0.3, -0.25) is 9.59 Å². The normalized spacial score (nSPS) is 11.4. The van der Waals surface area contributed by atoms with Crippen molar-refractivity contribution in [1.29, 1.82) is 5.26 Å². The van der Waals surface area contributed by atoms with Gasteiger partial charge in [-0.05, 0) is 55.3 Å². The molecule has 122 valence electrons. The summed E-state index contributed by atoms with van der Waals surface area (Å²) in [5.74, 6) is -2.50. The number of hydrogen-bond donors (Lipinski definition) is 0. The molecule has 0 aliphatic rings. The molecule has 1 atom stereocenters. The van der Waals surface area contributed by atoms with E-state index in [0.717, 1.165) is 5.56 Å². The Morgan fingerprint density at radius 1 is 1.12 bits per heavy atom. The second kappa shape index (κ2) is 8.02. The standard InChI is InChI=1S/C19H16FNO3/c1-2-24-19(23)17(11-13-3-5-14(12-21)6-4-13)18(22)15-7-9-16(20)10-8-15/h3-10,17H,2,11H2,1H3. The van der Waals surface area contributed by atoms with E-state index in [4.69, 9.17) is 10.00 Å². The summed E-state index contributed by atoms with van der Waals surface area (Å²) in [5.41, 5.74) is 1.49. The van der Waals surface area contributed by atoms with Crippen molar-refractivity contribution in [3.8, 4) is 6.07 Å². The Morgan fingerprint density at radius 2 is 1.75 bits per heavy atom. The number of ether oxygens (including phenoxy) is 1. The number of esters is 1. The van der Waals surface area contributed by atoms with Crippen LogP contribution in [0.4, 0.5) is 4.39 Å². The third-order valence-electron chi connectivity index (χ3n) is 3.54. The third-order valence-corrected chi connectivity index (χ3v) is 3.54. The van der Waals surface area contributed by atoms with Crippen LogP contribution in [0.5, 0.6) is 0 Å². The highest BCUT2D eigenvalue weighted by atomic mass is 19.1. The largest absolute Gasteiger partial charge is 0.465 e. The quantitative estimate of drug-likeness (QED) is 0.464. The number of Topliss-reactive ketones (excluding diaryl/α,β-unsaturated/α-hetero) is 1. The average molecular weight is 325 g/mol. The first-order chi connectivity index (χ1) is 11.5. The number of carbonyl (C=O) groups is 2. The number of halogens is 1. The summed E-state index contributed by atoms with van der Waals surface area (Å²) in [6, 6.07) is 13.7. The van der Waals surface area contributed by atoms with Crippen LogP contribution in [0.1, 0.15) is 28.4 Å². The van der Waals surface area contributed by atoms with Gasteiger partial charge in [-0.2, -0.15) is 5.26 Å². The highest BCUT2D eigenvalue weighted by Crippen LogP contribution is 2.18. The van der Waals surface area contributed by atoms with Gasteiger partial charge in [0.1, 0.15) is 11.7 Å². The van der Waals surface area contributed by atoms with Gasteiger partial charge >= 0.3 is 5.97 Å². The van der Waals surface area contributed by atoms with Crippen LogP contribution in [0.25, 0.3) is 0 Å². The number of hydrogen-bond acceptors (Lipinski definition) is 4. The second-order valence-electron chi connectivity index (χ2n) is 5.19. The fourth-order valence-electron chi connectivity index (χ4n) is 2.29. The van der Waals surface area contributed by atoms with Gasteiger partial charge in [0.15, 0.2) is 5.78 Å². The minimum atomic E-state index is -1.01. The average Bonchev–Trinajstić information content (AvgIpc) is 2.60. The lowest BCUT2D eigenvalue weighted by atomic mass is 9.91. The number of benzene rings is 2. The molecule has 0 saturated heterocycles. The Morgan fingerprint density at radius 3 is 2.29 bits per heavy atom. The minimum Gasteiger partial charge on any atom is -0.465 e. The second-order valence-corrected chi connectivity index (χ2v) is 5.19. The molecule has 0 saturated carbocycles. The van der Waals surface area contributed by atoms with E-state index < -0.39 is 23.5 Å². The molecule has 0 heterocycles. The van der Waals surface area contributed by atoms with E-state index in [1.54, 1.807) is 31.2 Å². The number of ketones is 1. The number of nitriles is 1. The van der Waals surface area contributed by atoms with Gasteiger partial charge in [-0.15, -0.1) is 0 Å². The minimum absolute atomic E-state index is 0.154. The lowest BCUT2D eigenvalue weighted by Gasteiger charge is -2.15. The zero-order valence-corrected chi connectivity index (χ0v) is 13.2. The van der Waals surface area contributed by atoms with Crippen LogP contribution in [0.2, 0.25) is 0 Å². The van der Waals surface area contributed by atoms with E-state index in [1.165, 1.54) is 24.3 Å². The zero-order valence-electron chi connectivity index (χ0n) is 13.2. The van der Waals surface area contributed by atoms with Gasteiger partial charge in [0.05, 0.1) is 18.2 Å². The first kappa shape index (κ1) is 17.4. The van der Waals surface area contributed by atoms with Crippen molar-refractivity contribution < 1.29 is 18.7 Å². The fourth-order valence-corrected chi connectivity index (χ4v) is 2.29. The van der Waals surface area contributed by atoms with Gasteiger partial charge in [-0.25, -0.2) is 4.39 Å². The molecule has 1 unspecified atom stereocenters. The molecule has 0 spiro atoms. The van der Waals surface area contributed by atoms with Crippen molar-refractivity contribution in [2.45, 2.75) is 13.3 Å². The van der Waals surface area contributed by atoms with Crippen LogP contribution in [0, 0.1) is 23.1 Å². The van der Waals surface area contributed by atoms with Gasteiger partial charge in [-0.1, -0.05) is 12.1 Å². The van der Waals surface area contributed by atoms with Crippen molar-refractivity contribution in [3.05, 3.63) is 71.0 Å². The van der Waals surface area contributed by atoms with Crippen molar-refractivity contribution in [2.24, 2.45) is 5.92 Å². The Kier molecular flexibility index (Phi) is 5.80. The Hall–Kier alpha value is -3.00. The van der Waals surface area contributed by atoms with Gasteiger partial charge < -0.3 is 4.74 Å². The zero-order chi connectivity index (χ0) is 17.5. The van der Waals surface area contributed by atoms with Gasteiger partial charge in [0.2, 0.25) is 0 Å². The summed E-state index contributed by atoms with van der Waals surface area (Å²) in [7, 11) is 0. The van der Waals surface area contributed by atoms with Crippen LogP contribution in [0.15, 0.2) is 48.5 Å². The molecule has 2 rings (SSSR count). The predicted molar refractivity (Wildman–Crippen MR) is 85.7 cm³/mol. The van der Waals surface area contributed by atoms with Crippen LogP contribution < -0.4 is 0 Å². The smallest absolute Gasteiger partial charge is 0.317 e. The van der Waals surface area contributed by atoms with Crippen molar-refractivity contribution in [2.75, 3.05) is 6.61 Å². The van der Waals surface area contributed by atoms with E-state index in [2.05, 4.69) is 0 Å². The van der Waals surface area contributed by atoms with E-state index in [0.29, 0.717) is 5.56 Å². The molecule has 24 heavy (non-hydrogen) atoms. The van der Waals surface area contributed by atoms with Crippen LogP contribution in [0.3, 0.4) is 0 Å². The Bertz CT molecular complexity index is 761. The predicted octanol–water partition coefficient (Wildman–Crippen LogP) is 3.30. The summed E-state index contributed by atoms with van der Waals surface area (Å²) in [6.07, 6.45) is 0.154. The summed E-state index contributed by atoms with van der Waals surface area (Å²) < 4.78 is 18.0. The highest BCUT2D eigenvalue weighted by Gasteiger charge is 2.29. The van der Waals surface area contributed by atoms with Gasteiger partial charge in [0.25, 0.3) is 0 Å². The van der Waals surface area contributed by atoms with Crippen LogP contribution >= 0.6 is 0 Å². The summed E-state index contributed by atoms with van der Waals surface area (Å²) >= 11 is 0. The van der Waals surface area contributed by atoms with E-state index in [-0.39, 0.29) is 18.6 Å². The molecule has 0 aliphatic heterocycles. The number of carbonyl (C=O) groups excluding carboxylic acids is 2. The maximum Gasteiger partial charge on any atom is 0.317 e. The number of rotatable bonds is 6. The molecule has 2 aromatic rings. The molecule has 0 bridgehead atoms. The summed E-state index contributed by atoms with van der Waals surface area (Å²) in [5, 5.41) is 8.82. The lowest BCUT2D eigenvalue weighted by Crippen LogP contribution is -2.28. The molecule has 0 fully saturated rings. The molecule has 4 nitrogen and oxygen atoms in total. The molecule has 0 radical (unpaired) electrons. The van der Waals surface area contributed by atoms with Crippen LogP contribution in [-0.2, 0) is 16.0 Å². The molecule has 0 aliphatic carbocycles. The van der Waals surface area contributed by atoms with E-state index in [9.17, 15) is 14.0 Å². The van der Waals surface area contributed by atoms with Crippen molar-refractivity contribution in [3.63, 3.8) is 0 Å². The van der Waals surface area contributed by atoms with E-state index in [1.807, 2.05) is 6.07 Å².